The molecule has 108 valence electrons. The van der Waals surface area contributed by atoms with E-state index in [2.05, 4.69) is 24.3 Å². The van der Waals surface area contributed by atoms with E-state index >= 15 is 0 Å². The Morgan fingerprint density at radius 3 is 2.65 bits per heavy atom. The summed E-state index contributed by atoms with van der Waals surface area (Å²) in [6, 6.07) is 6.55. The molecule has 1 fully saturated rings. The van der Waals surface area contributed by atoms with Crippen molar-refractivity contribution in [2.45, 2.75) is 37.8 Å². The molecule has 0 radical (unpaired) electrons. The van der Waals surface area contributed by atoms with Gasteiger partial charge in [0.05, 0.1) is 11.6 Å². The zero-order chi connectivity index (χ0) is 14.6. The van der Waals surface area contributed by atoms with Crippen LogP contribution in [0.3, 0.4) is 0 Å². The Morgan fingerprint density at radius 1 is 1.35 bits per heavy atom. The molecule has 1 aliphatic rings. The summed E-state index contributed by atoms with van der Waals surface area (Å²) in [6.45, 7) is 1.33. The molecule has 0 bridgehead atoms. The van der Waals surface area contributed by atoms with Gasteiger partial charge in [0.15, 0.2) is 0 Å². The summed E-state index contributed by atoms with van der Waals surface area (Å²) in [7, 11) is 4.23. The van der Waals surface area contributed by atoms with Gasteiger partial charge in [0.2, 0.25) is 0 Å². The third-order valence-electron chi connectivity index (χ3n) is 4.43. The Morgan fingerprint density at radius 2 is 2.05 bits per heavy atom. The van der Waals surface area contributed by atoms with Crippen molar-refractivity contribution in [1.82, 2.24) is 10.2 Å². The molecule has 1 saturated carbocycles. The molecule has 1 aliphatic carbocycles. The van der Waals surface area contributed by atoms with Crippen LogP contribution in [0.15, 0.2) is 18.2 Å². The van der Waals surface area contributed by atoms with Crippen LogP contribution >= 0.6 is 0 Å². The molecule has 2 rings (SSSR count). The first-order valence-electron chi connectivity index (χ1n) is 7.14. The summed E-state index contributed by atoms with van der Waals surface area (Å²) in [5.74, 6) is -0.248. The highest BCUT2D eigenvalue weighted by molar-refractivity contribution is 5.33. The van der Waals surface area contributed by atoms with E-state index in [0.717, 1.165) is 6.54 Å². The van der Waals surface area contributed by atoms with Crippen LogP contribution in [0, 0.1) is 17.1 Å². The number of benzene rings is 1. The van der Waals surface area contributed by atoms with Crippen LogP contribution in [0.4, 0.5) is 4.39 Å². The van der Waals surface area contributed by atoms with Crippen molar-refractivity contribution in [3.05, 3.63) is 35.1 Å². The quantitative estimate of drug-likeness (QED) is 0.898. The standard InChI is InChI=1S/C16H22FN3/c1-20(2)16(7-3-4-8-16)12-19-11-14-9-13(10-18)5-6-15(14)17/h5-6,9,19H,3-4,7-8,11-12H2,1-2H3. The molecular formula is C16H22FN3. The Hall–Kier alpha value is -1.44. The Labute approximate surface area is 120 Å². The van der Waals surface area contributed by atoms with Gasteiger partial charge in [-0.2, -0.15) is 5.26 Å². The van der Waals surface area contributed by atoms with Crippen molar-refractivity contribution < 1.29 is 4.39 Å². The molecule has 1 N–H and O–H groups in total. The SMILES string of the molecule is CN(C)C1(CNCc2cc(C#N)ccc2F)CCCC1. The maximum absolute atomic E-state index is 13.7. The summed E-state index contributed by atoms with van der Waals surface area (Å²) in [6.07, 6.45) is 4.90. The van der Waals surface area contributed by atoms with Gasteiger partial charge in [0.1, 0.15) is 5.82 Å². The van der Waals surface area contributed by atoms with Crippen LogP contribution in [0.5, 0.6) is 0 Å². The van der Waals surface area contributed by atoms with Gasteiger partial charge >= 0.3 is 0 Å². The van der Waals surface area contributed by atoms with E-state index in [1.807, 2.05) is 6.07 Å². The molecule has 0 saturated heterocycles. The summed E-state index contributed by atoms with van der Waals surface area (Å²) < 4.78 is 13.7. The van der Waals surface area contributed by atoms with Gasteiger partial charge in [-0.05, 0) is 45.1 Å². The molecule has 0 spiro atoms. The van der Waals surface area contributed by atoms with Crippen LogP contribution < -0.4 is 5.32 Å². The van der Waals surface area contributed by atoms with Crippen LogP contribution in [0.25, 0.3) is 0 Å². The maximum Gasteiger partial charge on any atom is 0.127 e. The van der Waals surface area contributed by atoms with E-state index in [1.165, 1.54) is 37.8 Å². The van der Waals surface area contributed by atoms with Crippen LogP contribution in [-0.2, 0) is 6.54 Å². The first-order chi connectivity index (χ1) is 9.57. The lowest BCUT2D eigenvalue weighted by molar-refractivity contribution is 0.153. The zero-order valence-corrected chi connectivity index (χ0v) is 12.2. The zero-order valence-electron chi connectivity index (χ0n) is 12.2. The average Bonchev–Trinajstić information content (AvgIpc) is 2.91. The summed E-state index contributed by atoms with van der Waals surface area (Å²) in [5.41, 5.74) is 1.27. The van der Waals surface area contributed by atoms with Gasteiger partial charge in [0.25, 0.3) is 0 Å². The van der Waals surface area contributed by atoms with E-state index < -0.39 is 0 Å². The fraction of sp³-hybridized carbons (Fsp3) is 0.562. The van der Waals surface area contributed by atoms with Gasteiger partial charge in [-0.3, -0.25) is 0 Å². The topological polar surface area (TPSA) is 39.1 Å². The highest BCUT2D eigenvalue weighted by Gasteiger charge is 2.35. The molecule has 0 aromatic heterocycles. The second-order valence-electron chi connectivity index (χ2n) is 5.85. The average molecular weight is 275 g/mol. The predicted octanol–water partition coefficient (Wildman–Crippen LogP) is 2.66. The van der Waals surface area contributed by atoms with E-state index in [0.29, 0.717) is 17.7 Å². The molecule has 0 atom stereocenters. The maximum atomic E-state index is 13.7. The number of rotatable bonds is 5. The highest BCUT2D eigenvalue weighted by atomic mass is 19.1. The normalized spacial score (nSPS) is 17.4. The van der Waals surface area contributed by atoms with E-state index in [1.54, 1.807) is 6.07 Å². The molecular weight excluding hydrogens is 253 g/mol. The number of nitrogens with one attached hydrogen (secondary N) is 1. The Balaban J connectivity index is 1.97. The third-order valence-corrected chi connectivity index (χ3v) is 4.43. The predicted molar refractivity (Wildman–Crippen MR) is 77.7 cm³/mol. The minimum absolute atomic E-state index is 0.198. The summed E-state index contributed by atoms with van der Waals surface area (Å²) in [5, 5.41) is 12.2. The molecule has 1 aromatic carbocycles. The van der Waals surface area contributed by atoms with E-state index in [9.17, 15) is 4.39 Å². The van der Waals surface area contributed by atoms with Crippen molar-refractivity contribution in [1.29, 1.82) is 5.26 Å². The molecule has 3 nitrogen and oxygen atoms in total. The number of nitriles is 1. The van der Waals surface area contributed by atoms with Crippen molar-refractivity contribution in [3.63, 3.8) is 0 Å². The lowest BCUT2D eigenvalue weighted by atomic mass is 9.96. The minimum Gasteiger partial charge on any atom is -0.311 e. The van der Waals surface area contributed by atoms with Crippen molar-refractivity contribution >= 4 is 0 Å². The molecule has 0 aliphatic heterocycles. The second kappa shape index (κ2) is 6.34. The number of halogens is 1. The summed E-state index contributed by atoms with van der Waals surface area (Å²) >= 11 is 0. The largest absolute Gasteiger partial charge is 0.311 e. The lowest BCUT2D eigenvalue weighted by Gasteiger charge is -2.36. The van der Waals surface area contributed by atoms with E-state index in [4.69, 9.17) is 5.26 Å². The van der Waals surface area contributed by atoms with E-state index in [-0.39, 0.29) is 11.4 Å². The smallest absolute Gasteiger partial charge is 0.127 e. The fourth-order valence-corrected chi connectivity index (χ4v) is 3.02. The monoisotopic (exact) mass is 275 g/mol. The van der Waals surface area contributed by atoms with Gasteiger partial charge < -0.3 is 10.2 Å². The van der Waals surface area contributed by atoms with Crippen molar-refractivity contribution in [2.75, 3.05) is 20.6 Å². The second-order valence-corrected chi connectivity index (χ2v) is 5.85. The van der Waals surface area contributed by atoms with Gasteiger partial charge in [-0.1, -0.05) is 12.8 Å². The first-order valence-corrected chi connectivity index (χ1v) is 7.14. The van der Waals surface area contributed by atoms with Gasteiger partial charge in [-0.15, -0.1) is 0 Å². The molecule has 0 heterocycles. The molecule has 0 unspecified atom stereocenters. The van der Waals surface area contributed by atoms with Crippen LogP contribution in [0.2, 0.25) is 0 Å². The molecule has 20 heavy (non-hydrogen) atoms. The molecule has 1 aromatic rings. The number of hydrogen-bond acceptors (Lipinski definition) is 3. The number of hydrogen-bond donors (Lipinski definition) is 1. The molecule has 4 heteroatoms. The Bertz CT molecular complexity index is 499. The van der Waals surface area contributed by atoms with Crippen molar-refractivity contribution in [2.24, 2.45) is 0 Å². The highest BCUT2D eigenvalue weighted by Crippen LogP contribution is 2.33. The Kier molecular flexibility index (Phi) is 4.74. The summed E-state index contributed by atoms with van der Waals surface area (Å²) in [4.78, 5) is 2.29. The lowest BCUT2D eigenvalue weighted by Crippen LogP contribution is -2.49. The minimum atomic E-state index is -0.248. The number of likely N-dealkylation sites (N-methyl/N-ethyl adjacent to an activating group) is 1. The van der Waals surface area contributed by atoms with Crippen molar-refractivity contribution in [3.8, 4) is 6.07 Å². The van der Waals surface area contributed by atoms with Gasteiger partial charge in [-0.25, -0.2) is 4.39 Å². The molecule has 0 amide bonds. The van der Waals surface area contributed by atoms with Crippen LogP contribution in [-0.4, -0.2) is 31.1 Å². The fourth-order valence-electron chi connectivity index (χ4n) is 3.02. The number of nitrogens with zero attached hydrogens (tertiary/aromatic N) is 2. The van der Waals surface area contributed by atoms with Crippen LogP contribution in [0.1, 0.15) is 36.8 Å². The first kappa shape index (κ1) is 15.0. The van der Waals surface area contributed by atoms with Gasteiger partial charge in [0, 0.05) is 24.2 Å². The third kappa shape index (κ3) is 3.17.